The van der Waals surface area contributed by atoms with Crippen molar-refractivity contribution in [1.82, 2.24) is 0 Å². The van der Waals surface area contributed by atoms with Gasteiger partial charge in [-0.3, -0.25) is 0 Å². The van der Waals surface area contributed by atoms with Crippen LogP contribution >= 0.6 is 15.9 Å². The lowest BCUT2D eigenvalue weighted by Gasteiger charge is -2.11. The fraction of sp³-hybridized carbons (Fsp3) is 0.176. The highest BCUT2D eigenvalue weighted by Gasteiger charge is 2.20. The Morgan fingerprint density at radius 2 is 2.00 bits per heavy atom. The van der Waals surface area contributed by atoms with Crippen LogP contribution in [0, 0.1) is 12.7 Å². The number of aliphatic hydroxyl groups is 1. The van der Waals surface area contributed by atoms with Gasteiger partial charge >= 0.3 is 0 Å². The summed E-state index contributed by atoms with van der Waals surface area (Å²) in [5, 5.41) is 11.4. The molecule has 0 amide bonds. The van der Waals surface area contributed by atoms with Gasteiger partial charge < -0.3 is 9.52 Å². The van der Waals surface area contributed by atoms with Crippen LogP contribution in [0.4, 0.5) is 4.39 Å². The third-order valence-corrected chi connectivity index (χ3v) is 4.07. The molecule has 0 spiro atoms. The maximum atomic E-state index is 13.8. The minimum absolute atomic E-state index is 0.204. The highest BCUT2D eigenvalue weighted by atomic mass is 79.9. The van der Waals surface area contributed by atoms with E-state index in [0.717, 1.165) is 21.0 Å². The van der Waals surface area contributed by atoms with Crippen LogP contribution in [0.25, 0.3) is 11.0 Å². The first-order valence-electron chi connectivity index (χ1n) is 6.66. The summed E-state index contributed by atoms with van der Waals surface area (Å²) in [6, 6.07) is 12.3. The van der Waals surface area contributed by atoms with E-state index in [1.165, 1.54) is 6.07 Å². The average molecular weight is 349 g/mol. The normalized spacial score (nSPS) is 12.8. The number of hydrogen-bond acceptors (Lipinski definition) is 2. The lowest BCUT2D eigenvalue weighted by Crippen LogP contribution is -2.04. The summed E-state index contributed by atoms with van der Waals surface area (Å²) in [5.41, 5.74) is 1.94. The molecule has 0 aliphatic heterocycles. The van der Waals surface area contributed by atoms with Gasteiger partial charge in [0.2, 0.25) is 0 Å². The molecular formula is C17H14BrFO2. The molecule has 0 bridgehead atoms. The molecule has 1 N–H and O–H groups in total. The average Bonchev–Trinajstić information content (AvgIpc) is 2.78. The van der Waals surface area contributed by atoms with Gasteiger partial charge in [0.15, 0.2) is 0 Å². The van der Waals surface area contributed by atoms with Gasteiger partial charge in [0.25, 0.3) is 0 Å². The Morgan fingerprint density at radius 3 is 2.81 bits per heavy atom. The summed E-state index contributed by atoms with van der Waals surface area (Å²) in [5.74, 6) is 0.349. The number of halogens is 2. The van der Waals surface area contributed by atoms with E-state index in [2.05, 4.69) is 15.9 Å². The number of hydrogen-bond donors (Lipinski definition) is 1. The number of aryl methyl sites for hydroxylation is 1. The fourth-order valence-electron chi connectivity index (χ4n) is 2.61. The van der Waals surface area contributed by atoms with Gasteiger partial charge in [0, 0.05) is 21.8 Å². The molecule has 3 aromatic rings. The van der Waals surface area contributed by atoms with Gasteiger partial charge in [-0.05, 0) is 36.8 Å². The highest BCUT2D eigenvalue weighted by molar-refractivity contribution is 9.10. The molecule has 108 valence electrons. The lowest BCUT2D eigenvalue weighted by molar-refractivity contribution is 0.176. The Labute approximate surface area is 130 Å². The first kappa shape index (κ1) is 14.3. The van der Waals surface area contributed by atoms with Crippen LogP contribution in [-0.4, -0.2) is 5.11 Å². The van der Waals surface area contributed by atoms with E-state index in [1.54, 1.807) is 12.1 Å². The number of aliphatic hydroxyl groups excluding tert-OH is 1. The quantitative estimate of drug-likeness (QED) is 0.728. The minimum atomic E-state index is -0.808. The van der Waals surface area contributed by atoms with Crippen molar-refractivity contribution in [3.63, 3.8) is 0 Å². The van der Waals surface area contributed by atoms with Crippen LogP contribution < -0.4 is 0 Å². The zero-order chi connectivity index (χ0) is 15.0. The first-order valence-corrected chi connectivity index (χ1v) is 7.45. The molecule has 0 fully saturated rings. The van der Waals surface area contributed by atoms with E-state index in [0.29, 0.717) is 11.3 Å². The van der Waals surface area contributed by atoms with Crippen LogP contribution in [-0.2, 0) is 6.42 Å². The summed E-state index contributed by atoms with van der Waals surface area (Å²) >= 11 is 3.32. The maximum absolute atomic E-state index is 13.8. The largest absolute Gasteiger partial charge is 0.461 e. The Balaban J connectivity index is 1.99. The molecule has 1 aromatic heterocycles. The van der Waals surface area contributed by atoms with Gasteiger partial charge in [0.05, 0.1) is 6.10 Å². The predicted molar refractivity (Wildman–Crippen MR) is 83.7 cm³/mol. The van der Waals surface area contributed by atoms with E-state index in [1.807, 2.05) is 31.2 Å². The van der Waals surface area contributed by atoms with Gasteiger partial charge in [-0.25, -0.2) is 4.39 Å². The maximum Gasteiger partial charge on any atom is 0.134 e. The second kappa shape index (κ2) is 5.62. The second-order valence-corrected chi connectivity index (χ2v) is 5.94. The third kappa shape index (κ3) is 2.74. The van der Waals surface area contributed by atoms with Crippen LogP contribution in [0.1, 0.15) is 23.0 Å². The molecular weight excluding hydrogens is 335 g/mol. The highest BCUT2D eigenvalue weighted by Crippen LogP contribution is 2.32. The molecule has 2 nitrogen and oxygen atoms in total. The molecule has 1 unspecified atom stereocenters. The zero-order valence-corrected chi connectivity index (χ0v) is 13.0. The predicted octanol–water partition coefficient (Wildman–Crippen LogP) is 4.92. The smallest absolute Gasteiger partial charge is 0.134 e. The lowest BCUT2D eigenvalue weighted by atomic mass is 9.98. The summed E-state index contributed by atoms with van der Waals surface area (Å²) in [4.78, 5) is 0. The van der Waals surface area contributed by atoms with Crippen LogP contribution in [0.2, 0.25) is 0 Å². The van der Waals surface area contributed by atoms with E-state index in [-0.39, 0.29) is 12.2 Å². The Hall–Kier alpha value is -1.65. The zero-order valence-electron chi connectivity index (χ0n) is 11.4. The second-order valence-electron chi connectivity index (χ2n) is 5.02. The first-order chi connectivity index (χ1) is 10.1. The van der Waals surface area contributed by atoms with Crippen molar-refractivity contribution in [2.24, 2.45) is 0 Å². The molecule has 1 atom stereocenters. The van der Waals surface area contributed by atoms with E-state index in [9.17, 15) is 9.50 Å². The minimum Gasteiger partial charge on any atom is -0.461 e. The number of rotatable bonds is 3. The van der Waals surface area contributed by atoms with Crippen molar-refractivity contribution >= 4 is 26.9 Å². The van der Waals surface area contributed by atoms with Gasteiger partial charge in [-0.2, -0.15) is 0 Å². The van der Waals surface area contributed by atoms with Crippen molar-refractivity contribution in [1.29, 1.82) is 0 Å². The SMILES string of the molecule is Cc1oc2ccccc2c1C(O)Cc1cc(Br)ccc1F. The molecule has 0 radical (unpaired) electrons. The number of fused-ring (bicyclic) bond motifs is 1. The summed E-state index contributed by atoms with van der Waals surface area (Å²) in [7, 11) is 0. The van der Waals surface area contributed by atoms with E-state index < -0.39 is 6.10 Å². The van der Waals surface area contributed by atoms with Crippen molar-refractivity contribution in [3.8, 4) is 0 Å². The molecule has 0 saturated carbocycles. The molecule has 0 aliphatic rings. The molecule has 1 heterocycles. The number of furan rings is 1. The van der Waals surface area contributed by atoms with Gasteiger partial charge in [-0.1, -0.05) is 34.1 Å². The number of benzene rings is 2. The Morgan fingerprint density at radius 1 is 1.24 bits per heavy atom. The summed E-state index contributed by atoms with van der Waals surface area (Å²) in [6.45, 7) is 1.82. The molecule has 21 heavy (non-hydrogen) atoms. The molecule has 3 rings (SSSR count). The van der Waals surface area contributed by atoms with Crippen molar-refractivity contribution < 1.29 is 13.9 Å². The Bertz CT molecular complexity index is 795. The molecule has 4 heteroatoms. The standard InChI is InChI=1S/C17H14BrFO2/c1-10-17(13-4-2-3-5-16(13)21-10)15(20)9-11-8-12(18)6-7-14(11)19/h2-8,15,20H,9H2,1H3. The van der Waals surface area contributed by atoms with Crippen molar-refractivity contribution in [2.75, 3.05) is 0 Å². The van der Waals surface area contributed by atoms with Crippen molar-refractivity contribution in [2.45, 2.75) is 19.4 Å². The van der Waals surface area contributed by atoms with Crippen LogP contribution in [0.5, 0.6) is 0 Å². The monoisotopic (exact) mass is 348 g/mol. The summed E-state index contributed by atoms with van der Waals surface area (Å²) < 4.78 is 20.3. The van der Waals surface area contributed by atoms with Crippen LogP contribution in [0.15, 0.2) is 51.4 Å². The van der Waals surface area contributed by atoms with Crippen molar-refractivity contribution in [3.05, 3.63) is 69.6 Å². The van der Waals surface area contributed by atoms with E-state index in [4.69, 9.17) is 4.42 Å². The topological polar surface area (TPSA) is 33.4 Å². The Kier molecular flexibility index (Phi) is 3.83. The molecule has 0 saturated heterocycles. The molecule has 2 aromatic carbocycles. The van der Waals surface area contributed by atoms with Gasteiger partial charge in [0.1, 0.15) is 17.2 Å². The third-order valence-electron chi connectivity index (χ3n) is 3.57. The molecule has 0 aliphatic carbocycles. The van der Waals surface area contributed by atoms with Crippen LogP contribution in [0.3, 0.4) is 0 Å². The fourth-order valence-corrected chi connectivity index (χ4v) is 3.02. The number of para-hydroxylation sites is 1. The summed E-state index contributed by atoms with van der Waals surface area (Å²) in [6.07, 6.45) is -0.604. The van der Waals surface area contributed by atoms with Gasteiger partial charge in [-0.15, -0.1) is 0 Å². The van der Waals surface area contributed by atoms with E-state index >= 15 is 0 Å².